The molecule has 2 aromatic rings. The zero-order valence-electron chi connectivity index (χ0n) is 13.3. The minimum Gasteiger partial charge on any atom is -0.358 e. The first kappa shape index (κ1) is 17.7. The SMILES string of the molecule is CCN(CC)C(=S)SCC(c1cccc2ccccc12)[N+](=O)[O-]. The molecular formula is C17H20N2O2S2. The van der Waals surface area contributed by atoms with Crippen LogP contribution in [0, 0.1) is 10.1 Å². The molecule has 0 radical (unpaired) electrons. The van der Waals surface area contributed by atoms with Crippen LogP contribution in [-0.4, -0.2) is 33.0 Å². The number of hydrogen-bond acceptors (Lipinski definition) is 4. The molecule has 0 aliphatic heterocycles. The van der Waals surface area contributed by atoms with E-state index in [2.05, 4.69) is 0 Å². The van der Waals surface area contributed by atoms with Gasteiger partial charge in [0, 0.05) is 23.6 Å². The van der Waals surface area contributed by atoms with E-state index >= 15 is 0 Å². The number of rotatable bonds is 6. The molecule has 0 saturated heterocycles. The normalized spacial score (nSPS) is 12.1. The molecule has 6 heteroatoms. The van der Waals surface area contributed by atoms with E-state index in [-0.39, 0.29) is 4.92 Å². The first-order chi connectivity index (χ1) is 11.1. The summed E-state index contributed by atoms with van der Waals surface area (Å²) in [7, 11) is 0. The van der Waals surface area contributed by atoms with Crippen LogP contribution in [0.1, 0.15) is 25.5 Å². The van der Waals surface area contributed by atoms with Crippen LogP contribution in [0.3, 0.4) is 0 Å². The fraction of sp³-hybridized carbons (Fsp3) is 0.353. The minimum absolute atomic E-state index is 0.209. The Hall–Kier alpha value is -1.66. The predicted octanol–water partition coefficient (Wildman–Crippen LogP) is 4.52. The van der Waals surface area contributed by atoms with Crippen molar-refractivity contribution < 1.29 is 4.92 Å². The van der Waals surface area contributed by atoms with Crippen molar-refractivity contribution in [3.8, 4) is 0 Å². The molecule has 23 heavy (non-hydrogen) atoms. The second-order valence-corrected chi connectivity index (χ2v) is 6.77. The van der Waals surface area contributed by atoms with Gasteiger partial charge in [0.05, 0.1) is 5.75 Å². The Morgan fingerprint density at radius 3 is 2.52 bits per heavy atom. The largest absolute Gasteiger partial charge is 0.358 e. The van der Waals surface area contributed by atoms with E-state index in [1.807, 2.05) is 61.2 Å². The smallest absolute Gasteiger partial charge is 0.248 e. The summed E-state index contributed by atoms with van der Waals surface area (Å²) in [5.41, 5.74) is 0.753. The van der Waals surface area contributed by atoms with Gasteiger partial charge in [-0.15, -0.1) is 0 Å². The van der Waals surface area contributed by atoms with Crippen LogP contribution in [0.15, 0.2) is 42.5 Å². The van der Waals surface area contributed by atoms with Gasteiger partial charge in [0.2, 0.25) is 6.04 Å². The summed E-state index contributed by atoms with van der Waals surface area (Å²) >= 11 is 6.78. The molecule has 0 aromatic heterocycles. The lowest BCUT2D eigenvalue weighted by Crippen LogP contribution is -2.27. The van der Waals surface area contributed by atoms with Gasteiger partial charge in [-0.05, 0) is 24.6 Å². The zero-order valence-corrected chi connectivity index (χ0v) is 14.9. The van der Waals surface area contributed by atoms with Gasteiger partial charge >= 0.3 is 0 Å². The lowest BCUT2D eigenvalue weighted by Gasteiger charge is -2.21. The highest BCUT2D eigenvalue weighted by Crippen LogP contribution is 2.29. The molecule has 122 valence electrons. The number of thioether (sulfide) groups is 1. The third-order valence-electron chi connectivity index (χ3n) is 3.82. The molecule has 2 rings (SSSR count). The van der Waals surface area contributed by atoms with Crippen molar-refractivity contribution in [3.63, 3.8) is 0 Å². The van der Waals surface area contributed by atoms with Gasteiger partial charge in [0.15, 0.2) is 0 Å². The van der Waals surface area contributed by atoms with Crippen LogP contribution in [0.25, 0.3) is 10.8 Å². The van der Waals surface area contributed by atoms with Gasteiger partial charge in [-0.2, -0.15) is 0 Å². The molecule has 0 aliphatic carbocycles. The van der Waals surface area contributed by atoms with Crippen molar-refractivity contribution in [2.24, 2.45) is 0 Å². The van der Waals surface area contributed by atoms with Crippen molar-refractivity contribution in [1.82, 2.24) is 4.90 Å². The Morgan fingerprint density at radius 2 is 1.87 bits per heavy atom. The summed E-state index contributed by atoms with van der Waals surface area (Å²) in [6.45, 7) is 5.71. The molecule has 0 bridgehead atoms. The highest BCUT2D eigenvalue weighted by Gasteiger charge is 2.26. The third-order valence-corrected chi connectivity index (χ3v) is 5.42. The summed E-state index contributed by atoms with van der Waals surface area (Å²) in [6, 6.07) is 12.7. The molecule has 0 aliphatic rings. The maximum atomic E-state index is 11.6. The van der Waals surface area contributed by atoms with E-state index in [1.165, 1.54) is 11.8 Å². The molecular weight excluding hydrogens is 328 g/mol. The van der Waals surface area contributed by atoms with Crippen molar-refractivity contribution in [3.05, 3.63) is 58.1 Å². The molecule has 0 heterocycles. The number of benzene rings is 2. The Morgan fingerprint density at radius 1 is 1.22 bits per heavy atom. The summed E-state index contributed by atoms with van der Waals surface area (Å²) in [5.74, 6) is 0.344. The van der Waals surface area contributed by atoms with Gasteiger partial charge in [-0.3, -0.25) is 10.1 Å². The second-order valence-electron chi connectivity index (χ2n) is 5.12. The summed E-state index contributed by atoms with van der Waals surface area (Å²) in [4.78, 5) is 13.4. The topological polar surface area (TPSA) is 46.4 Å². The average molecular weight is 348 g/mol. The van der Waals surface area contributed by atoms with E-state index in [9.17, 15) is 10.1 Å². The number of thiocarbonyl (C=S) groups is 1. The molecule has 0 fully saturated rings. The quantitative estimate of drug-likeness (QED) is 0.436. The lowest BCUT2D eigenvalue weighted by molar-refractivity contribution is -0.522. The number of hydrogen-bond donors (Lipinski definition) is 0. The Balaban J connectivity index is 2.25. The Labute approximate surface area is 146 Å². The monoisotopic (exact) mass is 348 g/mol. The number of nitrogens with zero attached hydrogens (tertiary/aromatic N) is 2. The number of fused-ring (bicyclic) bond motifs is 1. The fourth-order valence-corrected chi connectivity index (χ4v) is 4.03. The van der Waals surface area contributed by atoms with Crippen molar-refractivity contribution in [2.75, 3.05) is 18.8 Å². The molecule has 4 nitrogen and oxygen atoms in total. The molecule has 1 unspecified atom stereocenters. The summed E-state index contributed by atoms with van der Waals surface area (Å²) in [5, 5.41) is 13.6. The molecule has 0 amide bonds. The van der Waals surface area contributed by atoms with E-state index in [0.29, 0.717) is 5.75 Å². The molecule has 2 aromatic carbocycles. The highest BCUT2D eigenvalue weighted by molar-refractivity contribution is 8.22. The van der Waals surface area contributed by atoms with Crippen molar-refractivity contribution in [1.29, 1.82) is 0 Å². The van der Waals surface area contributed by atoms with Gasteiger partial charge < -0.3 is 4.90 Å². The summed E-state index contributed by atoms with van der Waals surface area (Å²) in [6.07, 6.45) is 0. The van der Waals surface area contributed by atoms with E-state index in [4.69, 9.17) is 12.2 Å². The first-order valence-corrected chi connectivity index (χ1v) is 9.00. The average Bonchev–Trinajstić information content (AvgIpc) is 2.56. The summed E-state index contributed by atoms with van der Waals surface area (Å²) < 4.78 is 0.724. The Kier molecular flexibility index (Phi) is 6.36. The molecule has 0 spiro atoms. The van der Waals surface area contributed by atoms with Crippen LogP contribution < -0.4 is 0 Å². The van der Waals surface area contributed by atoms with Gasteiger partial charge in [0.25, 0.3) is 0 Å². The molecule has 0 N–H and O–H groups in total. The lowest BCUT2D eigenvalue weighted by atomic mass is 10.00. The standard InChI is InChI=1S/C17H20N2O2S2/c1-3-18(4-2)17(22)23-12-16(19(20)21)15-11-7-9-13-8-5-6-10-14(13)15/h5-11,16H,3-4,12H2,1-2H3. The molecule has 0 saturated carbocycles. The fourth-order valence-electron chi connectivity index (χ4n) is 2.53. The van der Waals surface area contributed by atoms with E-state index < -0.39 is 6.04 Å². The molecule has 1 atom stereocenters. The maximum Gasteiger partial charge on any atom is 0.248 e. The van der Waals surface area contributed by atoms with Crippen molar-refractivity contribution >= 4 is 39.1 Å². The van der Waals surface area contributed by atoms with Crippen LogP contribution in [0.2, 0.25) is 0 Å². The van der Waals surface area contributed by atoms with Crippen LogP contribution in [0.4, 0.5) is 0 Å². The van der Waals surface area contributed by atoms with Gasteiger partial charge in [-0.25, -0.2) is 0 Å². The highest BCUT2D eigenvalue weighted by atomic mass is 32.2. The van der Waals surface area contributed by atoms with E-state index in [0.717, 1.165) is 33.7 Å². The van der Waals surface area contributed by atoms with Gasteiger partial charge in [-0.1, -0.05) is 66.4 Å². The predicted molar refractivity (Wildman–Crippen MR) is 102 cm³/mol. The van der Waals surface area contributed by atoms with Crippen molar-refractivity contribution in [2.45, 2.75) is 19.9 Å². The van der Waals surface area contributed by atoms with Crippen LogP contribution in [0.5, 0.6) is 0 Å². The van der Waals surface area contributed by atoms with Gasteiger partial charge in [0.1, 0.15) is 4.32 Å². The van der Waals surface area contributed by atoms with Crippen LogP contribution >= 0.6 is 24.0 Å². The van der Waals surface area contributed by atoms with Crippen LogP contribution in [-0.2, 0) is 0 Å². The Bertz CT molecular complexity index is 697. The zero-order chi connectivity index (χ0) is 16.8. The second kappa shape index (κ2) is 8.26. The first-order valence-electron chi connectivity index (χ1n) is 7.61. The number of nitro groups is 1. The maximum absolute atomic E-state index is 11.6. The third kappa shape index (κ3) is 4.20. The van der Waals surface area contributed by atoms with E-state index in [1.54, 1.807) is 0 Å². The minimum atomic E-state index is -0.764.